The summed E-state index contributed by atoms with van der Waals surface area (Å²) in [7, 11) is 0. The minimum absolute atomic E-state index is 0.102. The molecule has 0 saturated carbocycles. The molecule has 0 unspecified atom stereocenters. The Kier molecular flexibility index (Phi) is 4.14. The zero-order chi connectivity index (χ0) is 13.7. The van der Waals surface area contributed by atoms with Crippen LogP contribution in [0.2, 0.25) is 0 Å². The van der Waals surface area contributed by atoms with Gasteiger partial charge in [0.15, 0.2) is 5.78 Å². The van der Waals surface area contributed by atoms with E-state index in [4.69, 9.17) is 10.00 Å². The van der Waals surface area contributed by atoms with Gasteiger partial charge in [-0.05, 0) is 5.56 Å². The molecule has 1 fully saturated rings. The summed E-state index contributed by atoms with van der Waals surface area (Å²) in [6, 6.07) is 11.3. The first kappa shape index (κ1) is 13.1. The number of hydrogen-bond acceptors (Lipinski definition) is 4. The van der Waals surface area contributed by atoms with Crippen molar-refractivity contribution >= 4 is 11.9 Å². The Bertz CT molecular complexity index is 507. The maximum absolute atomic E-state index is 11.8. The molecular formula is C14H14N2O3. The summed E-state index contributed by atoms with van der Waals surface area (Å²) in [6.45, 7) is 0.648. The molecule has 1 heterocycles. The highest BCUT2D eigenvalue weighted by molar-refractivity contribution is 5.86. The zero-order valence-corrected chi connectivity index (χ0v) is 10.4. The molecule has 98 valence electrons. The molecule has 0 spiro atoms. The van der Waals surface area contributed by atoms with E-state index in [0.717, 1.165) is 5.56 Å². The standard InChI is InChI=1S/C14H14N2O3/c15-8-12-9-16(7-6-13(12)17)14(18)19-10-11-4-2-1-3-5-11/h1-5,12H,6-7,9-10H2/t12-/m1/s1. The average molecular weight is 258 g/mol. The van der Waals surface area contributed by atoms with Crippen molar-refractivity contribution in [1.82, 2.24) is 4.90 Å². The lowest BCUT2D eigenvalue weighted by atomic mass is 9.98. The van der Waals surface area contributed by atoms with Gasteiger partial charge in [-0.15, -0.1) is 0 Å². The highest BCUT2D eigenvalue weighted by Crippen LogP contribution is 2.14. The summed E-state index contributed by atoms with van der Waals surface area (Å²) in [5, 5.41) is 8.82. The monoisotopic (exact) mass is 258 g/mol. The van der Waals surface area contributed by atoms with Crippen LogP contribution in [0, 0.1) is 17.2 Å². The lowest BCUT2D eigenvalue weighted by Crippen LogP contribution is -2.43. The SMILES string of the molecule is N#C[C@@H]1CN(C(=O)OCc2ccccc2)CCC1=O. The van der Waals surface area contributed by atoms with E-state index in [1.807, 2.05) is 36.4 Å². The van der Waals surface area contributed by atoms with Gasteiger partial charge in [0, 0.05) is 19.5 Å². The van der Waals surface area contributed by atoms with E-state index in [1.165, 1.54) is 4.90 Å². The minimum atomic E-state index is -0.724. The lowest BCUT2D eigenvalue weighted by Gasteiger charge is -2.27. The van der Waals surface area contributed by atoms with Crippen molar-refractivity contribution in [2.75, 3.05) is 13.1 Å². The van der Waals surface area contributed by atoms with E-state index in [-0.39, 0.29) is 25.4 Å². The number of piperidine rings is 1. The van der Waals surface area contributed by atoms with Crippen LogP contribution in [0.25, 0.3) is 0 Å². The molecule has 0 aliphatic carbocycles. The van der Waals surface area contributed by atoms with E-state index >= 15 is 0 Å². The van der Waals surface area contributed by atoms with Crippen LogP contribution < -0.4 is 0 Å². The molecular weight excluding hydrogens is 244 g/mol. The van der Waals surface area contributed by atoms with Gasteiger partial charge >= 0.3 is 6.09 Å². The maximum Gasteiger partial charge on any atom is 0.410 e. The Hall–Kier alpha value is -2.35. The smallest absolute Gasteiger partial charge is 0.410 e. The molecule has 0 aromatic heterocycles. The van der Waals surface area contributed by atoms with Crippen molar-refractivity contribution in [2.45, 2.75) is 13.0 Å². The number of nitriles is 1. The van der Waals surface area contributed by atoms with Crippen LogP contribution in [0.15, 0.2) is 30.3 Å². The Morgan fingerprint density at radius 1 is 1.42 bits per heavy atom. The number of carbonyl (C=O) groups excluding carboxylic acids is 2. The van der Waals surface area contributed by atoms with Gasteiger partial charge in [0.1, 0.15) is 12.5 Å². The molecule has 1 saturated heterocycles. The van der Waals surface area contributed by atoms with Gasteiger partial charge < -0.3 is 9.64 Å². The molecule has 5 nitrogen and oxygen atoms in total. The Balaban J connectivity index is 1.87. The second-order valence-electron chi connectivity index (χ2n) is 4.38. The third-order valence-electron chi connectivity index (χ3n) is 3.04. The predicted molar refractivity (Wildman–Crippen MR) is 66.9 cm³/mol. The fourth-order valence-corrected chi connectivity index (χ4v) is 1.92. The van der Waals surface area contributed by atoms with Gasteiger partial charge in [-0.2, -0.15) is 5.26 Å². The molecule has 5 heteroatoms. The fraction of sp³-hybridized carbons (Fsp3) is 0.357. The topological polar surface area (TPSA) is 70.4 Å². The normalized spacial score (nSPS) is 18.8. The zero-order valence-electron chi connectivity index (χ0n) is 10.4. The number of nitrogens with zero attached hydrogens (tertiary/aromatic N) is 2. The van der Waals surface area contributed by atoms with E-state index in [0.29, 0.717) is 6.54 Å². The van der Waals surface area contributed by atoms with Gasteiger partial charge in [-0.1, -0.05) is 30.3 Å². The van der Waals surface area contributed by atoms with Crippen molar-refractivity contribution in [3.05, 3.63) is 35.9 Å². The summed E-state index contributed by atoms with van der Waals surface area (Å²) >= 11 is 0. The molecule has 1 amide bonds. The summed E-state index contributed by atoms with van der Waals surface area (Å²) in [6.07, 6.45) is -0.254. The van der Waals surface area contributed by atoms with Crippen LogP contribution in [0.4, 0.5) is 4.79 Å². The number of hydrogen-bond donors (Lipinski definition) is 0. The quantitative estimate of drug-likeness (QED) is 0.810. The summed E-state index contributed by atoms with van der Waals surface area (Å²) in [4.78, 5) is 24.6. The molecule has 0 bridgehead atoms. The van der Waals surface area contributed by atoms with Gasteiger partial charge in [0.2, 0.25) is 0 Å². The van der Waals surface area contributed by atoms with Crippen LogP contribution in [0.5, 0.6) is 0 Å². The Labute approximate surface area is 111 Å². The van der Waals surface area contributed by atoms with Crippen molar-refractivity contribution in [3.63, 3.8) is 0 Å². The first-order valence-corrected chi connectivity index (χ1v) is 6.08. The Morgan fingerprint density at radius 2 is 2.16 bits per heavy atom. The van der Waals surface area contributed by atoms with Gasteiger partial charge in [0.05, 0.1) is 6.07 Å². The summed E-state index contributed by atoms with van der Waals surface area (Å²) in [5.41, 5.74) is 0.903. The maximum atomic E-state index is 11.8. The number of ketones is 1. The Morgan fingerprint density at radius 3 is 2.84 bits per heavy atom. The molecule has 19 heavy (non-hydrogen) atoms. The van der Waals surface area contributed by atoms with Gasteiger partial charge in [-0.3, -0.25) is 4.79 Å². The number of rotatable bonds is 2. The second kappa shape index (κ2) is 6.01. The van der Waals surface area contributed by atoms with E-state index < -0.39 is 12.0 Å². The number of Topliss-reactive ketones (excluding diaryl/α,β-unsaturated/α-hetero) is 1. The van der Waals surface area contributed by atoms with Gasteiger partial charge in [0.25, 0.3) is 0 Å². The minimum Gasteiger partial charge on any atom is -0.445 e. The van der Waals surface area contributed by atoms with E-state index in [1.54, 1.807) is 0 Å². The summed E-state index contributed by atoms with van der Waals surface area (Å²) in [5.74, 6) is -0.826. The number of likely N-dealkylation sites (tertiary alicyclic amines) is 1. The van der Waals surface area contributed by atoms with E-state index in [2.05, 4.69) is 0 Å². The van der Waals surface area contributed by atoms with Crippen LogP contribution in [0.3, 0.4) is 0 Å². The largest absolute Gasteiger partial charge is 0.445 e. The molecule has 1 aromatic carbocycles. The first-order chi connectivity index (χ1) is 9.20. The van der Waals surface area contributed by atoms with Crippen LogP contribution >= 0.6 is 0 Å². The van der Waals surface area contributed by atoms with Crippen LogP contribution in [-0.4, -0.2) is 29.9 Å². The highest BCUT2D eigenvalue weighted by atomic mass is 16.6. The third-order valence-corrected chi connectivity index (χ3v) is 3.04. The number of ether oxygens (including phenoxy) is 1. The molecule has 1 aliphatic heterocycles. The molecule has 1 atom stereocenters. The predicted octanol–water partition coefficient (Wildman–Crippen LogP) is 1.74. The summed E-state index contributed by atoms with van der Waals surface area (Å²) < 4.78 is 5.16. The van der Waals surface area contributed by atoms with Gasteiger partial charge in [-0.25, -0.2) is 4.79 Å². The molecule has 0 N–H and O–H groups in total. The second-order valence-corrected chi connectivity index (χ2v) is 4.38. The first-order valence-electron chi connectivity index (χ1n) is 6.08. The third kappa shape index (κ3) is 3.32. The average Bonchev–Trinajstić information content (AvgIpc) is 2.46. The van der Waals surface area contributed by atoms with E-state index in [9.17, 15) is 9.59 Å². The van der Waals surface area contributed by atoms with Crippen LogP contribution in [0.1, 0.15) is 12.0 Å². The molecule has 0 radical (unpaired) electrons. The van der Waals surface area contributed by atoms with Crippen molar-refractivity contribution in [1.29, 1.82) is 5.26 Å². The van der Waals surface area contributed by atoms with Crippen LogP contribution in [-0.2, 0) is 16.1 Å². The fourth-order valence-electron chi connectivity index (χ4n) is 1.92. The highest BCUT2D eigenvalue weighted by Gasteiger charge is 2.30. The van der Waals surface area contributed by atoms with Crippen molar-refractivity contribution < 1.29 is 14.3 Å². The van der Waals surface area contributed by atoms with Crippen molar-refractivity contribution in [2.24, 2.45) is 5.92 Å². The molecule has 1 aromatic rings. The molecule has 1 aliphatic rings. The number of carbonyl (C=O) groups is 2. The van der Waals surface area contributed by atoms with Crippen molar-refractivity contribution in [3.8, 4) is 6.07 Å². The lowest BCUT2D eigenvalue weighted by molar-refractivity contribution is -0.123. The number of benzene rings is 1. The molecule has 2 rings (SSSR count). The number of amides is 1.